The van der Waals surface area contributed by atoms with Crippen molar-refractivity contribution >= 4 is 11.6 Å². The summed E-state index contributed by atoms with van der Waals surface area (Å²) in [6.07, 6.45) is 2.26. The third kappa shape index (κ3) is 3.25. The van der Waals surface area contributed by atoms with Gasteiger partial charge in [-0.15, -0.1) is 0 Å². The highest BCUT2D eigenvalue weighted by Gasteiger charge is 2.23. The minimum atomic E-state index is 0.514. The van der Waals surface area contributed by atoms with Crippen LogP contribution in [0.25, 0.3) is 0 Å². The number of hydrogen-bond acceptors (Lipinski definition) is 2. The zero-order valence-electron chi connectivity index (χ0n) is 11.0. The Labute approximate surface area is 114 Å². The van der Waals surface area contributed by atoms with Crippen LogP contribution in [0.2, 0.25) is 5.02 Å². The fourth-order valence-electron chi connectivity index (χ4n) is 2.67. The molecule has 0 bridgehead atoms. The van der Waals surface area contributed by atoms with Gasteiger partial charge in [0.05, 0.1) is 11.6 Å². The summed E-state index contributed by atoms with van der Waals surface area (Å²) in [6.45, 7) is 6.94. The van der Waals surface area contributed by atoms with Gasteiger partial charge in [0.15, 0.2) is 0 Å². The van der Waals surface area contributed by atoms with Crippen molar-refractivity contribution in [3.63, 3.8) is 0 Å². The molecule has 2 atom stereocenters. The molecule has 1 heterocycles. The summed E-state index contributed by atoms with van der Waals surface area (Å²) in [7, 11) is 0. The lowest BCUT2D eigenvalue weighted by atomic mass is 10.0. The third-order valence-corrected chi connectivity index (χ3v) is 3.91. The summed E-state index contributed by atoms with van der Waals surface area (Å²) in [5.74, 6) is 0.807. The standard InChI is InChI=1S/C15H19ClN2/c1-11-3-4-18(10-11)12(2)5-13-6-14(9-17)8-15(16)7-13/h6-8,11-12H,3-5,10H2,1-2H3. The van der Waals surface area contributed by atoms with Gasteiger partial charge in [0.25, 0.3) is 0 Å². The molecule has 0 spiro atoms. The molecule has 1 aliphatic heterocycles. The van der Waals surface area contributed by atoms with Crippen molar-refractivity contribution in [2.75, 3.05) is 13.1 Å². The van der Waals surface area contributed by atoms with Crippen molar-refractivity contribution < 1.29 is 0 Å². The molecule has 1 aromatic carbocycles. The van der Waals surface area contributed by atoms with Crippen molar-refractivity contribution in [2.45, 2.75) is 32.7 Å². The van der Waals surface area contributed by atoms with Gasteiger partial charge in [-0.2, -0.15) is 5.26 Å². The first-order valence-electron chi connectivity index (χ1n) is 6.52. The molecule has 0 N–H and O–H groups in total. The van der Waals surface area contributed by atoms with Crippen LogP contribution in [-0.4, -0.2) is 24.0 Å². The smallest absolute Gasteiger partial charge is 0.0992 e. The largest absolute Gasteiger partial charge is 0.300 e. The Morgan fingerprint density at radius 2 is 2.28 bits per heavy atom. The zero-order chi connectivity index (χ0) is 13.1. The molecule has 96 valence electrons. The predicted octanol–water partition coefficient (Wildman–Crippen LogP) is 3.48. The average Bonchev–Trinajstić information content (AvgIpc) is 2.75. The van der Waals surface area contributed by atoms with Gasteiger partial charge in [0.2, 0.25) is 0 Å². The van der Waals surface area contributed by atoms with Crippen LogP contribution in [-0.2, 0) is 6.42 Å². The monoisotopic (exact) mass is 262 g/mol. The van der Waals surface area contributed by atoms with E-state index in [1.807, 2.05) is 12.1 Å². The van der Waals surface area contributed by atoms with E-state index < -0.39 is 0 Å². The predicted molar refractivity (Wildman–Crippen MR) is 74.7 cm³/mol. The molecule has 0 saturated carbocycles. The summed E-state index contributed by atoms with van der Waals surface area (Å²) in [6, 6.07) is 8.31. The molecule has 2 nitrogen and oxygen atoms in total. The van der Waals surface area contributed by atoms with Crippen LogP contribution in [0.4, 0.5) is 0 Å². The molecule has 0 aliphatic carbocycles. The maximum atomic E-state index is 8.95. The summed E-state index contributed by atoms with van der Waals surface area (Å²) in [5, 5.41) is 9.61. The normalized spacial score (nSPS) is 21.8. The van der Waals surface area contributed by atoms with E-state index in [0.717, 1.165) is 17.9 Å². The lowest BCUT2D eigenvalue weighted by molar-refractivity contribution is 0.250. The summed E-state index contributed by atoms with van der Waals surface area (Å²) < 4.78 is 0. The van der Waals surface area contributed by atoms with Crippen molar-refractivity contribution in [3.05, 3.63) is 34.3 Å². The minimum absolute atomic E-state index is 0.514. The van der Waals surface area contributed by atoms with Crippen LogP contribution >= 0.6 is 11.6 Å². The quantitative estimate of drug-likeness (QED) is 0.834. The van der Waals surface area contributed by atoms with Gasteiger partial charge in [-0.25, -0.2) is 0 Å². The lowest BCUT2D eigenvalue weighted by Gasteiger charge is -2.24. The highest BCUT2D eigenvalue weighted by molar-refractivity contribution is 6.30. The second kappa shape index (κ2) is 5.73. The molecule has 3 heteroatoms. The maximum Gasteiger partial charge on any atom is 0.0992 e. The van der Waals surface area contributed by atoms with Gasteiger partial charge in [-0.1, -0.05) is 18.5 Å². The summed E-state index contributed by atoms with van der Waals surface area (Å²) >= 11 is 6.03. The molecule has 1 aliphatic rings. The molecule has 1 aromatic rings. The van der Waals surface area contributed by atoms with E-state index in [0.29, 0.717) is 16.6 Å². The van der Waals surface area contributed by atoms with Gasteiger partial charge < -0.3 is 4.90 Å². The topological polar surface area (TPSA) is 27.0 Å². The van der Waals surface area contributed by atoms with Crippen molar-refractivity contribution in [1.29, 1.82) is 5.26 Å². The molecule has 1 fully saturated rings. The SMILES string of the molecule is CC1CCN(C(C)Cc2cc(Cl)cc(C#N)c2)C1. The van der Waals surface area contributed by atoms with E-state index in [9.17, 15) is 0 Å². The molecule has 0 radical (unpaired) electrons. The first-order chi connectivity index (χ1) is 8.58. The second-order valence-corrected chi connectivity index (χ2v) is 5.84. The van der Waals surface area contributed by atoms with Crippen LogP contribution in [0.1, 0.15) is 31.4 Å². The van der Waals surface area contributed by atoms with Crippen LogP contribution in [0.15, 0.2) is 18.2 Å². The lowest BCUT2D eigenvalue weighted by Crippen LogP contribution is -2.32. The number of hydrogen-bond donors (Lipinski definition) is 0. The zero-order valence-corrected chi connectivity index (χ0v) is 11.7. The van der Waals surface area contributed by atoms with E-state index in [-0.39, 0.29) is 0 Å². The maximum absolute atomic E-state index is 8.95. The highest BCUT2D eigenvalue weighted by atomic mass is 35.5. The van der Waals surface area contributed by atoms with E-state index in [1.165, 1.54) is 19.5 Å². The van der Waals surface area contributed by atoms with Gasteiger partial charge in [0, 0.05) is 17.6 Å². The molecule has 0 aromatic heterocycles. The van der Waals surface area contributed by atoms with Crippen LogP contribution in [0.3, 0.4) is 0 Å². The fraction of sp³-hybridized carbons (Fsp3) is 0.533. The Balaban J connectivity index is 2.05. The molecular weight excluding hydrogens is 244 g/mol. The van der Waals surface area contributed by atoms with Crippen molar-refractivity contribution in [3.8, 4) is 6.07 Å². The molecule has 2 unspecified atom stereocenters. The summed E-state index contributed by atoms with van der Waals surface area (Å²) in [5.41, 5.74) is 1.81. The van der Waals surface area contributed by atoms with Gasteiger partial charge in [0.1, 0.15) is 0 Å². The third-order valence-electron chi connectivity index (χ3n) is 3.70. The summed E-state index contributed by atoms with van der Waals surface area (Å²) in [4.78, 5) is 2.53. The van der Waals surface area contributed by atoms with E-state index in [1.54, 1.807) is 6.07 Å². The van der Waals surface area contributed by atoms with Crippen LogP contribution in [0.5, 0.6) is 0 Å². The van der Waals surface area contributed by atoms with Crippen molar-refractivity contribution in [2.24, 2.45) is 5.92 Å². The van der Waals surface area contributed by atoms with Gasteiger partial charge in [-0.3, -0.25) is 0 Å². The highest BCUT2D eigenvalue weighted by Crippen LogP contribution is 2.21. The fourth-order valence-corrected chi connectivity index (χ4v) is 2.93. The Hall–Kier alpha value is -1.04. The van der Waals surface area contributed by atoms with Crippen molar-refractivity contribution in [1.82, 2.24) is 4.90 Å². The first-order valence-corrected chi connectivity index (χ1v) is 6.90. The van der Waals surface area contributed by atoms with Gasteiger partial charge in [-0.05, 0) is 56.0 Å². The Morgan fingerprint density at radius 1 is 1.50 bits per heavy atom. The molecular formula is C15H19ClN2. The average molecular weight is 263 g/mol. The van der Waals surface area contributed by atoms with E-state index >= 15 is 0 Å². The Bertz CT molecular complexity index is 464. The number of benzene rings is 1. The molecule has 18 heavy (non-hydrogen) atoms. The van der Waals surface area contributed by atoms with Gasteiger partial charge >= 0.3 is 0 Å². The molecule has 2 rings (SSSR count). The number of halogens is 1. The number of nitrogens with zero attached hydrogens (tertiary/aromatic N) is 2. The second-order valence-electron chi connectivity index (χ2n) is 5.40. The number of likely N-dealkylation sites (tertiary alicyclic amines) is 1. The first kappa shape index (κ1) is 13.4. The number of nitriles is 1. The Kier molecular flexibility index (Phi) is 4.27. The van der Waals surface area contributed by atoms with Crippen LogP contribution in [0, 0.1) is 17.2 Å². The van der Waals surface area contributed by atoms with Crippen LogP contribution < -0.4 is 0 Å². The molecule has 1 saturated heterocycles. The number of rotatable bonds is 3. The minimum Gasteiger partial charge on any atom is -0.300 e. The molecule has 0 amide bonds. The Morgan fingerprint density at radius 3 is 2.89 bits per heavy atom. The van der Waals surface area contributed by atoms with E-state index in [4.69, 9.17) is 16.9 Å². The van der Waals surface area contributed by atoms with E-state index in [2.05, 4.69) is 24.8 Å².